The van der Waals surface area contributed by atoms with Crippen LogP contribution < -0.4 is 0 Å². The highest BCUT2D eigenvalue weighted by Gasteiger charge is 2.51. The molecule has 0 aromatic heterocycles. The van der Waals surface area contributed by atoms with E-state index in [1.54, 1.807) is 4.90 Å². The number of aliphatic carboxylic acids is 1. The van der Waals surface area contributed by atoms with Crippen molar-refractivity contribution in [1.82, 2.24) is 4.90 Å². The zero-order chi connectivity index (χ0) is 11.7. The summed E-state index contributed by atoms with van der Waals surface area (Å²) in [5.41, 5.74) is 0. The summed E-state index contributed by atoms with van der Waals surface area (Å²) in [5, 5.41) is 8.90. The average molecular weight is 225 g/mol. The first-order chi connectivity index (χ1) is 7.63. The molecule has 0 radical (unpaired) electrons. The number of nitrogens with zero attached hydrogens (tertiary/aromatic N) is 1. The van der Waals surface area contributed by atoms with Gasteiger partial charge in [-0.3, -0.25) is 4.79 Å². The standard InChI is InChI=1S/C11H15NO4/c1-2-3-16-11(15)12-5-7-4-8(10(13)14)9(7)6-12/h2,7-9H,1,3-6H2,(H,13,14)/t7-,8+,9+/m0/s1. The van der Waals surface area contributed by atoms with Gasteiger partial charge in [0, 0.05) is 13.1 Å². The van der Waals surface area contributed by atoms with E-state index in [2.05, 4.69) is 6.58 Å². The van der Waals surface area contributed by atoms with Gasteiger partial charge in [-0.15, -0.1) is 0 Å². The van der Waals surface area contributed by atoms with Crippen LogP contribution in [0.3, 0.4) is 0 Å². The van der Waals surface area contributed by atoms with Crippen LogP contribution in [0.15, 0.2) is 12.7 Å². The van der Waals surface area contributed by atoms with E-state index < -0.39 is 5.97 Å². The molecule has 1 heterocycles. The van der Waals surface area contributed by atoms with E-state index in [1.807, 2.05) is 0 Å². The van der Waals surface area contributed by atoms with Crippen LogP contribution in [0, 0.1) is 17.8 Å². The van der Waals surface area contributed by atoms with Crippen molar-refractivity contribution in [3.63, 3.8) is 0 Å². The predicted octanol–water partition coefficient (Wildman–Crippen LogP) is 0.962. The summed E-state index contributed by atoms with van der Waals surface area (Å²) in [4.78, 5) is 23.9. The van der Waals surface area contributed by atoms with Crippen LogP contribution in [0.4, 0.5) is 4.79 Å². The number of likely N-dealkylation sites (tertiary alicyclic amines) is 1. The van der Waals surface area contributed by atoms with Gasteiger partial charge in [0.15, 0.2) is 0 Å². The molecular weight excluding hydrogens is 210 g/mol. The Bertz CT molecular complexity index is 328. The third-order valence-corrected chi connectivity index (χ3v) is 3.47. The van der Waals surface area contributed by atoms with Gasteiger partial charge in [0.2, 0.25) is 0 Å². The lowest BCUT2D eigenvalue weighted by Crippen LogP contribution is -2.40. The Kier molecular flexibility index (Phi) is 2.85. The fourth-order valence-electron chi connectivity index (χ4n) is 2.56. The van der Waals surface area contributed by atoms with Crippen LogP contribution in [-0.4, -0.2) is 41.8 Å². The lowest BCUT2D eigenvalue weighted by molar-refractivity contribution is -0.149. The normalized spacial score (nSPS) is 31.5. The number of hydrogen-bond acceptors (Lipinski definition) is 3. The Balaban J connectivity index is 1.86. The van der Waals surface area contributed by atoms with Crippen molar-refractivity contribution >= 4 is 12.1 Å². The van der Waals surface area contributed by atoms with Gasteiger partial charge in [-0.2, -0.15) is 0 Å². The van der Waals surface area contributed by atoms with E-state index in [0.29, 0.717) is 25.4 Å². The minimum Gasteiger partial charge on any atom is -0.481 e. The number of carbonyl (C=O) groups excluding carboxylic acids is 1. The Hall–Kier alpha value is -1.52. The largest absolute Gasteiger partial charge is 0.481 e. The van der Waals surface area contributed by atoms with E-state index >= 15 is 0 Å². The second-order valence-corrected chi connectivity index (χ2v) is 4.37. The molecule has 1 aliphatic heterocycles. The predicted molar refractivity (Wildman–Crippen MR) is 55.8 cm³/mol. The number of carboxylic acid groups (broad SMARTS) is 1. The highest BCUT2D eigenvalue weighted by molar-refractivity contribution is 5.73. The molecule has 5 nitrogen and oxygen atoms in total. The first-order valence-electron chi connectivity index (χ1n) is 5.39. The van der Waals surface area contributed by atoms with Crippen LogP contribution in [0.1, 0.15) is 6.42 Å². The van der Waals surface area contributed by atoms with Gasteiger partial charge < -0.3 is 14.7 Å². The molecule has 0 unspecified atom stereocenters. The monoisotopic (exact) mass is 225 g/mol. The highest BCUT2D eigenvalue weighted by Crippen LogP contribution is 2.45. The molecule has 1 N–H and O–H groups in total. The minimum absolute atomic E-state index is 0.119. The van der Waals surface area contributed by atoms with Crippen LogP contribution in [0.25, 0.3) is 0 Å². The fraction of sp³-hybridized carbons (Fsp3) is 0.636. The summed E-state index contributed by atoms with van der Waals surface area (Å²) >= 11 is 0. The summed E-state index contributed by atoms with van der Waals surface area (Å²) in [7, 11) is 0. The van der Waals surface area contributed by atoms with Crippen LogP contribution in [0.2, 0.25) is 0 Å². The first kappa shape index (κ1) is 11.0. The molecule has 88 valence electrons. The number of carboxylic acids is 1. The molecule has 16 heavy (non-hydrogen) atoms. The molecule has 1 aliphatic carbocycles. The average Bonchev–Trinajstić information content (AvgIpc) is 2.53. The summed E-state index contributed by atoms with van der Waals surface area (Å²) in [6.07, 6.45) is 1.84. The van der Waals surface area contributed by atoms with E-state index in [9.17, 15) is 9.59 Å². The molecule has 1 saturated carbocycles. The second-order valence-electron chi connectivity index (χ2n) is 4.37. The number of amides is 1. The molecule has 2 fully saturated rings. The van der Waals surface area contributed by atoms with E-state index in [-0.39, 0.29) is 24.5 Å². The van der Waals surface area contributed by atoms with E-state index in [0.717, 1.165) is 0 Å². The van der Waals surface area contributed by atoms with Gasteiger partial charge in [-0.05, 0) is 18.3 Å². The lowest BCUT2D eigenvalue weighted by Gasteiger charge is -2.35. The summed E-state index contributed by atoms with van der Waals surface area (Å²) in [5.74, 6) is -0.559. The molecular formula is C11H15NO4. The molecule has 0 spiro atoms. The van der Waals surface area contributed by atoms with Gasteiger partial charge >= 0.3 is 12.1 Å². The Labute approximate surface area is 93.7 Å². The Morgan fingerprint density at radius 3 is 2.88 bits per heavy atom. The van der Waals surface area contributed by atoms with Gasteiger partial charge in [-0.1, -0.05) is 12.7 Å². The number of ether oxygens (including phenoxy) is 1. The van der Waals surface area contributed by atoms with Gasteiger partial charge in [0.05, 0.1) is 5.92 Å². The lowest BCUT2D eigenvalue weighted by atomic mass is 9.67. The van der Waals surface area contributed by atoms with E-state index in [4.69, 9.17) is 9.84 Å². The van der Waals surface area contributed by atoms with Gasteiger partial charge in [-0.25, -0.2) is 4.79 Å². The van der Waals surface area contributed by atoms with Crippen LogP contribution in [0.5, 0.6) is 0 Å². The number of rotatable bonds is 3. The summed E-state index contributed by atoms with van der Waals surface area (Å²) < 4.78 is 4.92. The molecule has 0 aromatic rings. The van der Waals surface area contributed by atoms with Crippen molar-refractivity contribution < 1.29 is 19.4 Å². The van der Waals surface area contributed by atoms with Crippen molar-refractivity contribution in [2.45, 2.75) is 6.42 Å². The van der Waals surface area contributed by atoms with Crippen LogP contribution in [-0.2, 0) is 9.53 Å². The third-order valence-electron chi connectivity index (χ3n) is 3.47. The topological polar surface area (TPSA) is 66.8 Å². The molecule has 3 atom stereocenters. The zero-order valence-corrected chi connectivity index (χ0v) is 8.96. The zero-order valence-electron chi connectivity index (χ0n) is 8.96. The van der Waals surface area contributed by atoms with Crippen molar-refractivity contribution in [1.29, 1.82) is 0 Å². The molecule has 1 amide bonds. The SMILES string of the molecule is C=CCOC(=O)N1C[C@@H]2C[C@@H](C(=O)O)[C@@H]2C1. The van der Waals surface area contributed by atoms with Crippen molar-refractivity contribution in [2.75, 3.05) is 19.7 Å². The van der Waals surface area contributed by atoms with Crippen molar-refractivity contribution in [3.05, 3.63) is 12.7 Å². The maximum atomic E-state index is 11.5. The van der Waals surface area contributed by atoms with Gasteiger partial charge in [0.1, 0.15) is 6.61 Å². The summed E-state index contributed by atoms with van der Waals surface area (Å²) in [6.45, 7) is 4.81. The van der Waals surface area contributed by atoms with E-state index in [1.165, 1.54) is 6.08 Å². The number of carbonyl (C=O) groups is 2. The maximum Gasteiger partial charge on any atom is 0.410 e. The first-order valence-corrected chi connectivity index (χ1v) is 5.39. The Morgan fingerprint density at radius 2 is 2.25 bits per heavy atom. The molecule has 1 saturated heterocycles. The Morgan fingerprint density at radius 1 is 1.50 bits per heavy atom. The molecule has 2 rings (SSSR count). The molecule has 0 aromatic carbocycles. The fourth-order valence-corrected chi connectivity index (χ4v) is 2.56. The van der Waals surface area contributed by atoms with Crippen molar-refractivity contribution in [3.8, 4) is 0 Å². The number of fused-ring (bicyclic) bond motifs is 1. The maximum absolute atomic E-state index is 11.5. The minimum atomic E-state index is -0.748. The molecule has 0 bridgehead atoms. The van der Waals surface area contributed by atoms with Gasteiger partial charge in [0.25, 0.3) is 0 Å². The van der Waals surface area contributed by atoms with Crippen molar-refractivity contribution in [2.24, 2.45) is 17.8 Å². The summed E-state index contributed by atoms with van der Waals surface area (Å²) in [6, 6.07) is 0. The third kappa shape index (κ3) is 1.77. The quantitative estimate of drug-likeness (QED) is 0.726. The van der Waals surface area contributed by atoms with Crippen LogP contribution >= 0.6 is 0 Å². The smallest absolute Gasteiger partial charge is 0.410 e. The molecule has 2 aliphatic rings. The highest BCUT2D eigenvalue weighted by atomic mass is 16.6. The molecule has 5 heteroatoms. The second kappa shape index (κ2) is 4.15. The number of hydrogen-bond donors (Lipinski definition) is 1.